The number of nitrogens with zero attached hydrogens (tertiary/aromatic N) is 2. The minimum Gasteiger partial charge on any atom is -0.368 e. The average Bonchev–Trinajstić information content (AvgIpc) is 2.26. The highest BCUT2D eigenvalue weighted by atomic mass is 79.9. The Hall–Kier alpha value is -1.90. The normalized spacial score (nSPS) is 11.6. The van der Waals surface area contributed by atoms with Crippen LogP contribution in [0.4, 0.5) is 19.1 Å². The summed E-state index contributed by atoms with van der Waals surface area (Å²) in [6, 6.07) is 3.45. The average molecular weight is 335 g/mol. The SMILES string of the molecule is Nc1nc(-c2ccc(Br)c(C(F)(F)F)c2)[nH]c(=O)n1. The van der Waals surface area contributed by atoms with Gasteiger partial charge in [0.1, 0.15) is 5.82 Å². The second kappa shape index (κ2) is 4.65. The summed E-state index contributed by atoms with van der Waals surface area (Å²) in [6.45, 7) is 0. The number of nitrogens with one attached hydrogen (secondary N) is 1. The molecule has 0 saturated heterocycles. The first-order valence-corrected chi connectivity index (χ1v) is 5.67. The molecule has 2 rings (SSSR count). The highest BCUT2D eigenvalue weighted by molar-refractivity contribution is 9.10. The van der Waals surface area contributed by atoms with Crippen LogP contribution in [0.2, 0.25) is 0 Å². The molecule has 19 heavy (non-hydrogen) atoms. The first-order chi connectivity index (χ1) is 8.77. The third-order valence-corrected chi connectivity index (χ3v) is 2.90. The van der Waals surface area contributed by atoms with Crippen molar-refractivity contribution in [2.45, 2.75) is 6.18 Å². The molecule has 0 spiro atoms. The van der Waals surface area contributed by atoms with Crippen molar-refractivity contribution in [2.24, 2.45) is 0 Å². The fourth-order valence-corrected chi connectivity index (χ4v) is 1.90. The summed E-state index contributed by atoms with van der Waals surface area (Å²) in [5, 5.41) is 0. The number of H-pyrrole nitrogens is 1. The molecule has 9 heteroatoms. The Morgan fingerprint density at radius 3 is 2.53 bits per heavy atom. The fourth-order valence-electron chi connectivity index (χ4n) is 1.43. The molecule has 1 heterocycles. The van der Waals surface area contributed by atoms with Gasteiger partial charge in [0.05, 0.1) is 5.56 Å². The molecule has 0 radical (unpaired) electrons. The Morgan fingerprint density at radius 2 is 1.95 bits per heavy atom. The first-order valence-electron chi connectivity index (χ1n) is 4.88. The van der Waals surface area contributed by atoms with Gasteiger partial charge in [-0.25, -0.2) is 4.79 Å². The molecule has 0 unspecified atom stereocenters. The van der Waals surface area contributed by atoms with Crippen molar-refractivity contribution in [3.05, 3.63) is 38.7 Å². The van der Waals surface area contributed by atoms with E-state index in [0.29, 0.717) is 0 Å². The van der Waals surface area contributed by atoms with Crippen LogP contribution in [0.5, 0.6) is 0 Å². The van der Waals surface area contributed by atoms with E-state index in [1.54, 1.807) is 0 Å². The van der Waals surface area contributed by atoms with Crippen LogP contribution in [0.15, 0.2) is 27.5 Å². The highest BCUT2D eigenvalue weighted by Crippen LogP contribution is 2.36. The van der Waals surface area contributed by atoms with Crippen LogP contribution in [0.25, 0.3) is 11.4 Å². The zero-order valence-electron chi connectivity index (χ0n) is 9.12. The number of aromatic amines is 1. The molecule has 0 amide bonds. The van der Waals surface area contributed by atoms with Gasteiger partial charge in [-0.05, 0) is 12.1 Å². The summed E-state index contributed by atoms with van der Waals surface area (Å²) >= 11 is 2.82. The Morgan fingerprint density at radius 1 is 1.26 bits per heavy atom. The van der Waals surface area contributed by atoms with Crippen molar-refractivity contribution in [1.82, 2.24) is 15.0 Å². The van der Waals surface area contributed by atoms with Crippen molar-refractivity contribution < 1.29 is 13.2 Å². The van der Waals surface area contributed by atoms with E-state index in [1.165, 1.54) is 12.1 Å². The number of hydrogen-bond donors (Lipinski definition) is 2. The lowest BCUT2D eigenvalue weighted by Crippen LogP contribution is -2.15. The van der Waals surface area contributed by atoms with Crippen molar-refractivity contribution in [1.29, 1.82) is 0 Å². The summed E-state index contributed by atoms with van der Waals surface area (Å²) in [5.74, 6) is -0.384. The van der Waals surface area contributed by atoms with Crippen molar-refractivity contribution in [3.8, 4) is 11.4 Å². The number of hydrogen-bond acceptors (Lipinski definition) is 4. The monoisotopic (exact) mass is 334 g/mol. The summed E-state index contributed by atoms with van der Waals surface area (Å²) in [4.78, 5) is 20.3. The molecule has 0 fully saturated rings. The number of alkyl halides is 3. The fraction of sp³-hybridized carbons (Fsp3) is 0.100. The summed E-state index contributed by atoms with van der Waals surface area (Å²) < 4.78 is 38.1. The molecule has 1 aromatic heterocycles. The van der Waals surface area contributed by atoms with E-state index in [2.05, 4.69) is 30.9 Å². The summed E-state index contributed by atoms with van der Waals surface area (Å²) in [6.07, 6.45) is -4.52. The van der Waals surface area contributed by atoms with Gasteiger partial charge in [0.25, 0.3) is 0 Å². The lowest BCUT2D eigenvalue weighted by Gasteiger charge is -2.10. The maximum absolute atomic E-state index is 12.7. The molecule has 100 valence electrons. The van der Waals surface area contributed by atoms with E-state index < -0.39 is 17.4 Å². The minimum atomic E-state index is -4.52. The molecule has 3 N–H and O–H groups in total. The zero-order valence-corrected chi connectivity index (χ0v) is 10.7. The molecular weight excluding hydrogens is 329 g/mol. The van der Waals surface area contributed by atoms with Crippen molar-refractivity contribution in [2.75, 3.05) is 5.73 Å². The Kier molecular flexibility index (Phi) is 3.31. The van der Waals surface area contributed by atoms with Crippen LogP contribution in [0.1, 0.15) is 5.56 Å². The predicted octanol–water partition coefficient (Wildman–Crippen LogP) is 2.20. The molecular formula is C10H6BrF3N4O. The molecule has 0 aliphatic carbocycles. The second-order valence-corrected chi connectivity index (χ2v) is 4.41. The van der Waals surface area contributed by atoms with E-state index >= 15 is 0 Å². The quantitative estimate of drug-likeness (QED) is 0.837. The van der Waals surface area contributed by atoms with Crippen LogP contribution >= 0.6 is 15.9 Å². The van der Waals surface area contributed by atoms with Gasteiger partial charge >= 0.3 is 11.9 Å². The molecule has 0 atom stereocenters. The third kappa shape index (κ3) is 2.92. The number of nitrogens with two attached hydrogens (primary N) is 1. The third-order valence-electron chi connectivity index (χ3n) is 2.21. The van der Waals surface area contributed by atoms with Crippen molar-refractivity contribution in [3.63, 3.8) is 0 Å². The maximum Gasteiger partial charge on any atom is 0.417 e. The van der Waals surface area contributed by atoms with E-state index in [-0.39, 0.29) is 21.8 Å². The topological polar surface area (TPSA) is 84.7 Å². The largest absolute Gasteiger partial charge is 0.417 e. The van der Waals surface area contributed by atoms with Gasteiger partial charge < -0.3 is 5.73 Å². The van der Waals surface area contributed by atoms with Crippen LogP contribution in [-0.2, 0) is 6.18 Å². The molecule has 0 aliphatic rings. The van der Waals surface area contributed by atoms with Gasteiger partial charge in [0.15, 0.2) is 0 Å². The Bertz CT molecular complexity index is 683. The highest BCUT2D eigenvalue weighted by Gasteiger charge is 2.33. The Labute approximate surface area is 112 Å². The molecule has 0 saturated carbocycles. The van der Waals surface area contributed by atoms with Crippen LogP contribution in [0.3, 0.4) is 0 Å². The van der Waals surface area contributed by atoms with Crippen LogP contribution in [0, 0.1) is 0 Å². The molecule has 0 aliphatic heterocycles. The lowest BCUT2D eigenvalue weighted by molar-refractivity contribution is -0.138. The minimum absolute atomic E-state index is 0.0736. The Balaban J connectivity index is 2.61. The number of nitrogen functional groups attached to an aromatic ring is 1. The predicted molar refractivity (Wildman–Crippen MR) is 65.2 cm³/mol. The number of rotatable bonds is 1. The maximum atomic E-state index is 12.7. The van der Waals surface area contributed by atoms with Gasteiger partial charge in [-0.1, -0.05) is 22.0 Å². The van der Waals surface area contributed by atoms with E-state index in [1.807, 2.05) is 0 Å². The van der Waals surface area contributed by atoms with Gasteiger partial charge in [0.2, 0.25) is 5.95 Å². The first kappa shape index (κ1) is 13.5. The van der Waals surface area contributed by atoms with Crippen LogP contribution < -0.4 is 11.4 Å². The van der Waals surface area contributed by atoms with Gasteiger partial charge in [-0.3, -0.25) is 4.98 Å². The van der Waals surface area contributed by atoms with Crippen molar-refractivity contribution >= 4 is 21.9 Å². The van der Waals surface area contributed by atoms with Gasteiger partial charge in [0, 0.05) is 10.0 Å². The van der Waals surface area contributed by atoms with E-state index in [9.17, 15) is 18.0 Å². The summed E-state index contributed by atoms with van der Waals surface area (Å²) in [7, 11) is 0. The number of benzene rings is 1. The number of halogens is 4. The number of anilines is 1. The lowest BCUT2D eigenvalue weighted by atomic mass is 10.1. The zero-order chi connectivity index (χ0) is 14.2. The smallest absolute Gasteiger partial charge is 0.368 e. The number of aromatic nitrogens is 3. The molecule has 1 aromatic carbocycles. The van der Waals surface area contributed by atoms with E-state index in [4.69, 9.17) is 5.73 Å². The summed E-state index contributed by atoms with van der Waals surface area (Å²) in [5.41, 5.74) is 3.71. The molecule has 2 aromatic rings. The van der Waals surface area contributed by atoms with E-state index in [0.717, 1.165) is 6.07 Å². The van der Waals surface area contributed by atoms with Gasteiger partial charge in [-0.2, -0.15) is 23.1 Å². The van der Waals surface area contributed by atoms with Gasteiger partial charge in [-0.15, -0.1) is 0 Å². The molecule has 5 nitrogen and oxygen atoms in total. The standard InChI is InChI=1S/C10H6BrF3N4O/c11-6-2-1-4(3-5(6)10(12,13)14)7-16-8(15)18-9(19)17-7/h1-3H,(H3,15,16,17,18,19). The molecule has 0 bridgehead atoms. The second-order valence-electron chi connectivity index (χ2n) is 3.55. The van der Waals surface area contributed by atoms with Crippen LogP contribution in [-0.4, -0.2) is 15.0 Å².